The Kier molecular flexibility index (Phi) is 2.52. The van der Waals surface area contributed by atoms with E-state index in [1.165, 1.54) is 5.56 Å². The van der Waals surface area contributed by atoms with Gasteiger partial charge in [-0.05, 0) is 31.9 Å². The molecule has 0 fully saturated rings. The monoisotopic (exact) mass is 218 g/mol. The molecule has 2 rings (SSSR count). The summed E-state index contributed by atoms with van der Waals surface area (Å²) in [6.45, 7) is 6.12. The summed E-state index contributed by atoms with van der Waals surface area (Å²) in [6, 6.07) is 4.56. The number of hydrogen-bond acceptors (Lipinski definition) is 5. The highest BCUT2D eigenvalue weighted by Crippen LogP contribution is 2.25. The van der Waals surface area contributed by atoms with E-state index in [4.69, 9.17) is 10.2 Å². The third-order valence-corrected chi connectivity index (χ3v) is 2.35. The molecule has 0 saturated heterocycles. The van der Waals surface area contributed by atoms with Gasteiger partial charge in [0.05, 0.1) is 0 Å². The summed E-state index contributed by atoms with van der Waals surface area (Å²) in [5, 5.41) is 10.4. The van der Waals surface area contributed by atoms with Crippen molar-refractivity contribution in [1.29, 1.82) is 0 Å². The maximum Gasteiger partial charge on any atom is 0.321 e. The number of rotatable bonds is 2. The number of anilines is 3. The Bertz CT molecular complexity index is 495. The summed E-state index contributed by atoms with van der Waals surface area (Å²) in [5.74, 6) is 0. The largest absolute Gasteiger partial charge is 0.389 e. The van der Waals surface area contributed by atoms with Gasteiger partial charge in [0, 0.05) is 5.69 Å². The highest BCUT2D eigenvalue weighted by molar-refractivity contribution is 5.63. The lowest BCUT2D eigenvalue weighted by Gasteiger charge is -2.10. The van der Waals surface area contributed by atoms with Crippen molar-refractivity contribution in [3.8, 4) is 0 Å². The van der Waals surface area contributed by atoms with Gasteiger partial charge >= 0.3 is 12.0 Å². The fourth-order valence-electron chi connectivity index (χ4n) is 1.77. The van der Waals surface area contributed by atoms with Gasteiger partial charge < -0.3 is 15.5 Å². The molecular formula is C11H14N4O. The van der Waals surface area contributed by atoms with Crippen LogP contribution < -0.4 is 11.1 Å². The Labute approximate surface area is 93.7 Å². The molecule has 0 saturated carbocycles. The van der Waals surface area contributed by atoms with Gasteiger partial charge in [-0.15, -0.1) is 0 Å². The van der Waals surface area contributed by atoms with Crippen LogP contribution in [0.1, 0.15) is 16.7 Å². The van der Waals surface area contributed by atoms with Gasteiger partial charge in [0.15, 0.2) is 0 Å². The molecule has 3 N–H and O–H groups in total. The summed E-state index contributed by atoms with van der Waals surface area (Å²) in [5.41, 5.74) is 9.83. The smallest absolute Gasteiger partial charge is 0.321 e. The standard InChI is InChI=1S/C11H14N4O/c1-6-4-7(2)9(8(3)5-6)13-11-15-14-10(12)16-11/h4-5H,1-3H3,(H2,12,14)(H,13,15). The number of aromatic nitrogens is 2. The second kappa shape index (κ2) is 3.84. The molecule has 5 nitrogen and oxygen atoms in total. The van der Waals surface area contributed by atoms with Crippen molar-refractivity contribution >= 4 is 17.7 Å². The zero-order chi connectivity index (χ0) is 11.7. The number of nitrogens with zero attached hydrogens (tertiary/aromatic N) is 2. The first-order chi connectivity index (χ1) is 7.56. The Morgan fingerprint density at radius 1 is 1.12 bits per heavy atom. The molecule has 1 aromatic heterocycles. The number of nitrogens with one attached hydrogen (secondary N) is 1. The second-order valence-corrected chi connectivity index (χ2v) is 3.84. The van der Waals surface area contributed by atoms with Crippen LogP contribution in [0.25, 0.3) is 0 Å². The predicted octanol–water partition coefficient (Wildman–Crippen LogP) is 2.32. The van der Waals surface area contributed by atoms with Gasteiger partial charge in [0.25, 0.3) is 0 Å². The van der Waals surface area contributed by atoms with E-state index in [0.717, 1.165) is 16.8 Å². The molecule has 0 aliphatic carbocycles. The molecule has 1 aromatic carbocycles. The van der Waals surface area contributed by atoms with Crippen LogP contribution in [0.4, 0.5) is 17.7 Å². The van der Waals surface area contributed by atoms with Crippen LogP contribution in [0, 0.1) is 20.8 Å². The lowest BCUT2D eigenvalue weighted by molar-refractivity contribution is 0.593. The summed E-state index contributed by atoms with van der Waals surface area (Å²) in [6.07, 6.45) is 0. The SMILES string of the molecule is Cc1cc(C)c(Nc2nnc(N)o2)c(C)c1. The lowest BCUT2D eigenvalue weighted by atomic mass is 10.1. The second-order valence-electron chi connectivity index (χ2n) is 3.84. The fraction of sp³-hybridized carbons (Fsp3) is 0.273. The van der Waals surface area contributed by atoms with E-state index in [-0.39, 0.29) is 6.01 Å². The van der Waals surface area contributed by atoms with Crippen LogP contribution in [0.15, 0.2) is 16.5 Å². The Hall–Kier alpha value is -2.04. The van der Waals surface area contributed by atoms with Crippen LogP contribution in [0.5, 0.6) is 0 Å². The van der Waals surface area contributed by atoms with E-state index in [9.17, 15) is 0 Å². The molecule has 0 atom stereocenters. The van der Waals surface area contributed by atoms with Gasteiger partial charge in [-0.25, -0.2) is 0 Å². The molecule has 0 aliphatic rings. The molecule has 1 heterocycles. The molecule has 0 bridgehead atoms. The summed E-state index contributed by atoms with van der Waals surface area (Å²) in [7, 11) is 0. The van der Waals surface area contributed by atoms with Crippen LogP contribution in [0.3, 0.4) is 0 Å². The maximum atomic E-state index is 5.35. The van der Waals surface area contributed by atoms with E-state index in [1.807, 2.05) is 13.8 Å². The highest BCUT2D eigenvalue weighted by Gasteiger charge is 2.08. The van der Waals surface area contributed by atoms with E-state index < -0.39 is 0 Å². The topological polar surface area (TPSA) is 77.0 Å². The summed E-state index contributed by atoms with van der Waals surface area (Å²) >= 11 is 0. The molecular weight excluding hydrogens is 204 g/mol. The van der Waals surface area contributed by atoms with Gasteiger partial charge in [0.1, 0.15) is 0 Å². The zero-order valence-corrected chi connectivity index (χ0v) is 9.53. The predicted molar refractivity (Wildman–Crippen MR) is 62.6 cm³/mol. The number of hydrogen-bond donors (Lipinski definition) is 2. The van der Waals surface area contributed by atoms with Gasteiger partial charge in [0.2, 0.25) is 0 Å². The summed E-state index contributed by atoms with van der Waals surface area (Å²) < 4.78 is 5.07. The number of benzene rings is 1. The molecule has 0 unspecified atom stereocenters. The number of nitrogen functional groups attached to an aromatic ring is 1. The van der Waals surface area contributed by atoms with Crippen LogP contribution >= 0.6 is 0 Å². The van der Waals surface area contributed by atoms with Crippen molar-refractivity contribution in [1.82, 2.24) is 10.2 Å². The average Bonchev–Trinajstić information content (AvgIpc) is 2.58. The molecule has 0 amide bonds. The zero-order valence-electron chi connectivity index (χ0n) is 9.53. The van der Waals surface area contributed by atoms with Gasteiger partial charge in [-0.3, -0.25) is 0 Å². The number of nitrogens with two attached hydrogens (primary N) is 1. The highest BCUT2D eigenvalue weighted by atomic mass is 16.4. The summed E-state index contributed by atoms with van der Waals surface area (Å²) in [4.78, 5) is 0. The Balaban J connectivity index is 2.34. The first-order valence-corrected chi connectivity index (χ1v) is 5.00. The van der Waals surface area contributed by atoms with Crippen molar-refractivity contribution in [2.24, 2.45) is 0 Å². The Morgan fingerprint density at radius 3 is 2.25 bits per heavy atom. The molecule has 2 aromatic rings. The van der Waals surface area contributed by atoms with E-state index >= 15 is 0 Å². The minimum absolute atomic E-state index is 0.0601. The average molecular weight is 218 g/mol. The molecule has 0 spiro atoms. The fourth-order valence-corrected chi connectivity index (χ4v) is 1.77. The molecule has 0 radical (unpaired) electrons. The van der Waals surface area contributed by atoms with E-state index in [1.54, 1.807) is 0 Å². The lowest BCUT2D eigenvalue weighted by Crippen LogP contribution is -1.97. The third kappa shape index (κ3) is 1.98. The van der Waals surface area contributed by atoms with Crippen molar-refractivity contribution < 1.29 is 4.42 Å². The van der Waals surface area contributed by atoms with E-state index in [0.29, 0.717) is 6.01 Å². The normalized spacial score (nSPS) is 10.4. The van der Waals surface area contributed by atoms with Crippen molar-refractivity contribution in [3.05, 3.63) is 28.8 Å². The van der Waals surface area contributed by atoms with Crippen molar-refractivity contribution in [2.45, 2.75) is 20.8 Å². The molecule has 84 valence electrons. The van der Waals surface area contributed by atoms with Crippen molar-refractivity contribution in [2.75, 3.05) is 11.1 Å². The van der Waals surface area contributed by atoms with E-state index in [2.05, 4.69) is 34.6 Å². The molecule has 16 heavy (non-hydrogen) atoms. The van der Waals surface area contributed by atoms with Crippen LogP contribution in [-0.2, 0) is 0 Å². The first kappa shape index (κ1) is 10.5. The minimum Gasteiger partial charge on any atom is -0.389 e. The first-order valence-electron chi connectivity index (χ1n) is 5.00. The minimum atomic E-state index is 0.0601. The quantitative estimate of drug-likeness (QED) is 0.808. The van der Waals surface area contributed by atoms with Gasteiger partial charge in [-0.1, -0.05) is 27.9 Å². The third-order valence-electron chi connectivity index (χ3n) is 2.35. The number of aryl methyl sites for hydroxylation is 3. The molecule has 0 aliphatic heterocycles. The van der Waals surface area contributed by atoms with Gasteiger partial charge in [-0.2, -0.15) is 0 Å². The maximum absolute atomic E-state index is 5.35. The van der Waals surface area contributed by atoms with Crippen LogP contribution in [0.2, 0.25) is 0 Å². The Morgan fingerprint density at radius 2 is 1.75 bits per heavy atom. The van der Waals surface area contributed by atoms with Crippen LogP contribution in [-0.4, -0.2) is 10.2 Å². The van der Waals surface area contributed by atoms with Crippen molar-refractivity contribution in [3.63, 3.8) is 0 Å². The molecule has 5 heteroatoms.